The van der Waals surface area contributed by atoms with Crippen molar-refractivity contribution in [3.05, 3.63) is 101 Å². The van der Waals surface area contributed by atoms with E-state index >= 15 is 0 Å². The van der Waals surface area contributed by atoms with E-state index in [2.05, 4.69) is 52.7 Å². The molecule has 9 nitrogen and oxygen atoms in total. The van der Waals surface area contributed by atoms with Crippen LogP contribution in [0.2, 0.25) is 0 Å². The Balaban J connectivity index is 1.12. The summed E-state index contributed by atoms with van der Waals surface area (Å²) in [5.74, 6) is 0.0469. The molecule has 2 saturated heterocycles. The Morgan fingerprint density at radius 2 is 1.73 bits per heavy atom. The second kappa shape index (κ2) is 12.7. The van der Waals surface area contributed by atoms with E-state index in [-0.39, 0.29) is 43.3 Å². The van der Waals surface area contributed by atoms with Gasteiger partial charge >= 0.3 is 0 Å². The molecule has 2 N–H and O–H groups in total. The number of para-hydroxylation sites is 1. The summed E-state index contributed by atoms with van der Waals surface area (Å²) in [5.41, 5.74) is 6.60. The summed E-state index contributed by atoms with van der Waals surface area (Å²) in [5, 5.41) is 12.1. The van der Waals surface area contributed by atoms with Crippen LogP contribution >= 0.6 is 0 Å². The van der Waals surface area contributed by atoms with Crippen molar-refractivity contribution in [3.63, 3.8) is 0 Å². The molecule has 45 heavy (non-hydrogen) atoms. The standard InChI is InChI=1S/C36H39N3O6/c40-17-18-43-19-20-44-33-23-26(29-11-6-12-30-28-10-5-4-7-25(28)21-31(29)30)22-32(45-33)34(41)38-15-13-36(14-16-38)35(42)37-24-39(36)27-8-2-1-3-9-27/h1-12,22,26,33,40H,13-21,23-24H2,(H,37,42)/t26-,33+/m0/s1. The van der Waals surface area contributed by atoms with Crippen LogP contribution < -0.4 is 10.2 Å². The number of likely N-dealkylation sites (tertiary alicyclic amines) is 1. The van der Waals surface area contributed by atoms with Crippen molar-refractivity contribution >= 4 is 17.5 Å². The van der Waals surface area contributed by atoms with Crippen LogP contribution in [0.1, 0.15) is 41.9 Å². The fraction of sp³-hybridized carbons (Fsp3) is 0.389. The zero-order valence-electron chi connectivity index (χ0n) is 25.3. The number of hydrogen-bond donors (Lipinski definition) is 2. The summed E-state index contributed by atoms with van der Waals surface area (Å²) in [6, 6.07) is 24.9. The molecule has 7 rings (SSSR count). The molecule has 2 fully saturated rings. The van der Waals surface area contributed by atoms with Crippen LogP contribution in [0.5, 0.6) is 0 Å². The molecule has 1 aliphatic carbocycles. The molecule has 3 aromatic rings. The Kier molecular flexibility index (Phi) is 8.31. The quantitative estimate of drug-likeness (QED) is 0.277. The van der Waals surface area contributed by atoms with Crippen molar-refractivity contribution in [1.82, 2.24) is 10.2 Å². The maximum absolute atomic E-state index is 14.0. The van der Waals surface area contributed by atoms with Crippen molar-refractivity contribution in [2.45, 2.75) is 43.4 Å². The Morgan fingerprint density at radius 3 is 2.56 bits per heavy atom. The van der Waals surface area contributed by atoms with Crippen molar-refractivity contribution < 1.29 is 28.9 Å². The summed E-state index contributed by atoms with van der Waals surface area (Å²) >= 11 is 0. The Morgan fingerprint density at radius 1 is 0.956 bits per heavy atom. The number of aliphatic hydroxyl groups is 1. The smallest absolute Gasteiger partial charge is 0.288 e. The summed E-state index contributed by atoms with van der Waals surface area (Å²) in [6.45, 7) is 2.14. The number of allylic oxidation sites excluding steroid dienone is 1. The monoisotopic (exact) mass is 609 g/mol. The first-order valence-electron chi connectivity index (χ1n) is 15.9. The predicted molar refractivity (Wildman–Crippen MR) is 169 cm³/mol. The van der Waals surface area contributed by atoms with Crippen molar-refractivity contribution in [1.29, 1.82) is 0 Å². The first kappa shape index (κ1) is 29.5. The van der Waals surface area contributed by atoms with Gasteiger partial charge in [-0.15, -0.1) is 0 Å². The molecule has 3 aliphatic heterocycles. The third-order valence-electron chi connectivity index (χ3n) is 9.60. The fourth-order valence-corrected chi connectivity index (χ4v) is 7.33. The number of aliphatic hydroxyl groups excluding tert-OH is 1. The molecule has 3 aromatic carbocycles. The third kappa shape index (κ3) is 5.60. The second-order valence-corrected chi connectivity index (χ2v) is 12.1. The lowest BCUT2D eigenvalue weighted by Gasteiger charge is -2.43. The van der Waals surface area contributed by atoms with Crippen LogP contribution in [0, 0.1) is 0 Å². The summed E-state index contributed by atoms with van der Waals surface area (Å²) in [7, 11) is 0. The maximum atomic E-state index is 14.0. The number of anilines is 1. The number of nitrogens with one attached hydrogen (secondary N) is 1. The van der Waals surface area contributed by atoms with Gasteiger partial charge in [0, 0.05) is 31.1 Å². The minimum absolute atomic E-state index is 0.0162. The topological polar surface area (TPSA) is 101 Å². The summed E-state index contributed by atoms with van der Waals surface area (Å²) < 4.78 is 17.7. The number of carbonyl (C=O) groups excluding carboxylic acids is 2. The highest BCUT2D eigenvalue weighted by molar-refractivity contribution is 5.95. The van der Waals surface area contributed by atoms with Gasteiger partial charge < -0.3 is 34.4 Å². The number of benzene rings is 3. The number of rotatable bonds is 9. The number of piperidine rings is 1. The number of carbonyl (C=O) groups is 2. The number of nitrogens with zero attached hydrogens (tertiary/aromatic N) is 2. The van der Waals surface area contributed by atoms with Gasteiger partial charge in [-0.2, -0.15) is 0 Å². The molecular formula is C36H39N3O6. The van der Waals surface area contributed by atoms with Gasteiger partial charge in [0.1, 0.15) is 5.54 Å². The SMILES string of the molecule is O=C(C1=C[C@H](c2cccc3c2Cc2ccccc2-3)C[C@H](OCCOCCO)O1)N1CCC2(CC1)C(=O)NCN2c1ccccc1. The molecule has 0 bridgehead atoms. The van der Waals surface area contributed by atoms with Crippen molar-refractivity contribution in [2.24, 2.45) is 0 Å². The molecule has 0 aromatic heterocycles. The van der Waals surface area contributed by atoms with Crippen molar-refractivity contribution in [2.75, 3.05) is 51.1 Å². The van der Waals surface area contributed by atoms with Gasteiger partial charge in [-0.05, 0) is 65.3 Å². The first-order valence-corrected chi connectivity index (χ1v) is 15.9. The lowest BCUT2D eigenvalue weighted by atomic mass is 9.85. The molecule has 2 amide bonds. The Bertz CT molecular complexity index is 1580. The molecule has 9 heteroatoms. The average molecular weight is 610 g/mol. The number of amides is 2. The highest BCUT2D eigenvalue weighted by Gasteiger charge is 2.51. The third-order valence-corrected chi connectivity index (χ3v) is 9.60. The van der Waals surface area contributed by atoms with Gasteiger partial charge in [-0.3, -0.25) is 9.59 Å². The molecule has 0 radical (unpaired) electrons. The van der Waals surface area contributed by atoms with Crippen LogP contribution in [0.3, 0.4) is 0 Å². The zero-order chi connectivity index (χ0) is 30.8. The average Bonchev–Trinajstić information content (AvgIpc) is 3.62. The molecule has 3 heterocycles. The van der Waals surface area contributed by atoms with E-state index < -0.39 is 11.8 Å². The van der Waals surface area contributed by atoms with Crippen molar-refractivity contribution in [3.8, 4) is 11.1 Å². The lowest BCUT2D eigenvalue weighted by Crippen LogP contribution is -2.57. The maximum Gasteiger partial charge on any atom is 0.288 e. The number of ether oxygens (including phenoxy) is 3. The molecular weight excluding hydrogens is 570 g/mol. The van der Waals surface area contributed by atoms with E-state index in [1.54, 1.807) is 4.90 Å². The van der Waals surface area contributed by atoms with E-state index in [9.17, 15) is 9.59 Å². The minimum Gasteiger partial charge on any atom is -0.459 e. The van der Waals surface area contributed by atoms with Gasteiger partial charge in [0.15, 0.2) is 5.76 Å². The van der Waals surface area contributed by atoms with Crippen LogP contribution in [0.15, 0.2) is 84.6 Å². The lowest BCUT2D eigenvalue weighted by molar-refractivity contribution is -0.157. The zero-order valence-corrected chi connectivity index (χ0v) is 25.3. The summed E-state index contributed by atoms with van der Waals surface area (Å²) in [6.07, 6.45) is 3.82. The summed E-state index contributed by atoms with van der Waals surface area (Å²) in [4.78, 5) is 31.2. The van der Waals surface area contributed by atoms with Gasteiger partial charge in [-0.1, -0.05) is 60.7 Å². The molecule has 1 spiro atoms. The van der Waals surface area contributed by atoms with Gasteiger partial charge in [-0.25, -0.2) is 0 Å². The van der Waals surface area contributed by atoms with Gasteiger partial charge in [0.2, 0.25) is 12.2 Å². The Hall–Kier alpha value is -4.18. The second-order valence-electron chi connectivity index (χ2n) is 12.1. The predicted octanol–water partition coefficient (Wildman–Crippen LogP) is 3.95. The molecule has 234 valence electrons. The van der Waals surface area contributed by atoms with E-state index in [0.717, 1.165) is 12.1 Å². The highest BCUT2D eigenvalue weighted by atomic mass is 16.7. The largest absolute Gasteiger partial charge is 0.459 e. The normalized spacial score (nSPS) is 21.6. The highest BCUT2D eigenvalue weighted by Crippen LogP contribution is 2.43. The number of hydrogen-bond acceptors (Lipinski definition) is 7. The van der Waals surface area contributed by atoms with Crippen LogP contribution in [-0.4, -0.2) is 79.8 Å². The molecule has 2 atom stereocenters. The molecule has 0 unspecified atom stereocenters. The van der Waals surface area contributed by atoms with E-state index in [1.807, 2.05) is 36.4 Å². The van der Waals surface area contributed by atoms with Gasteiger partial charge in [0.25, 0.3) is 5.91 Å². The van der Waals surface area contributed by atoms with Crippen LogP contribution in [0.4, 0.5) is 5.69 Å². The van der Waals surface area contributed by atoms with E-state index in [4.69, 9.17) is 19.3 Å². The minimum atomic E-state index is -0.678. The molecule has 4 aliphatic rings. The Labute approximate surface area is 263 Å². The van der Waals surface area contributed by atoms with E-state index in [1.165, 1.54) is 27.8 Å². The first-order chi connectivity index (χ1) is 22.1. The van der Waals surface area contributed by atoms with E-state index in [0.29, 0.717) is 45.6 Å². The van der Waals surface area contributed by atoms with Gasteiger partial charge in [0.05, 0.1) is 33.1 Å². The fourth-order valence-electron chi connectivity index (χ4n) is 7.33. The van der Waals surface area contributed by atoms with Crippen LogP contribution in [0.25, 0.3) is 11.1 Å². The van der Waals surface area contributed by atoms with Crippen LogP contribution in [-0.2, 0) is 30.2 Å². The molecule has 0 saturated carbocycles. The number of fused-ring (bicyclic) bond motifs is 3.